The van der Waals surface area contributed by atoms with Gasteiger partial charge < -0.3 is 5.73 Å². The van der Waals surface area contributed by atoms with Crippen molar-refractivity contribution in [2.45, 2.75) is 71.6 Å². The average molecular weight is 286 g/mol. The Kier molecular flexibility index (Phi) is 4.11. The van der Waals surface area contributed by atoms with Crippen LogP contribution in [0.4, 0.5) is 0 Å². The molecule has 0 saturated heterocycles. The number of nitrogens with two attached hydrogens (primary N) is 1. The fourth-order valence-corrected chi connectivity index (χ4v) is 4.18. The molecule has 0 spiro atoms. The summed E-state index contributed by atoms with van der Waals surface area (Å²) >= 11 is 0. The maximum atomic E-state index is 6.50. The van der Waals surface area contributed by atoms with Gasteiger partial charge in [-0.15, -0.1) is 0 Å². The first-order valence-corrected chi connectivity index (χ1v) is 8.57. The normalized spacial score (nSPS) is 30.4. The molecule has 0 bridgehead atoms. The van der Waals surface area contributed by atoms with E-state index >= 15 is 0 Å². The molecule has 3 rings (SSSR count). The molecule has 21 heavy (non-hydrogen) atoms. The molecule has 3 atom stereocenters. The maximum absolute atomic E-state index is 6.50. The Morgan fingerprint density at radius 3 is 2.33 bits per heavy atom. The lowest BCUT2D eigenvalue weighted by Crippen LogP contribution is -2.51. The van der Waals surface area contributed by atoms with Crippen LogP contribution in [0.2, 0.25) is 0 Å². The number of hydrogen-bond acceptors (Lipinski definition) is 2. The van der Waals surface area contributed by atoms with E-state index in [9.17, 15) is 0 Å². The molecule has 2 heteroatoms. The molecule has 0 amide bonds. The van der Waals surface area contributed by atoms with Crippen LogP contribution in [0.15, 0.2) is 24.3 Å². The first-order chi connectivity index (χ1) is 10.0. The van der Waals surface area contributed by atoms with Crippen LogP contribution in [-0.2, 0) is 13.1 Å². The van der Waals surface area contributed by atoms with Gasteiger partial charge in [-0.2, -0.15) is 0 Å². The number of nitrogens with zero attached hydrogens (tertiary/aromatic N) is 1. The van der Waals surface area contributed by atoms with Gasteiger partial charge in [0.25, 0.3) is 0 Å². The molecule has 1 heterocycles. The van der Waals surface area contributed by atoms with Crippen molar-refractivity contribution < 1.29 is 0 Å². The lowest BCUT2D eigenvalue weighted by atomic mass is 9.67. The summed E-state index contributed by atoms with van der Waals surface area (Å²) < 4.78 is 0. The summed E-state index contributed by atoms with van der Waals surface area (Å²) in [6, 6.07) is 9.78. The fraction of sp³-hybridized carbons (Fsp3) is 0.684. The molecule has 116 valence electrons. The van der Waals surface area contributed by atoms with Crippen LogP contribution < -0.4 is 5.73 Å². The highest BCUT2D eigenvalue weighted by molar-refractivity contribution is 5.30. The van der Waals surface area contributed by atoms with Crippen molar-refractivity contribution in [1.29, 1.82) is 0 Å². The fourth-order valence-electron chi connectivity index (χ4n) is 4.18. The first-order valence-electron chi connectivity index (χ1n) is 8.57. The van der Waals surface area contributed by atoms with Gasteiger partial charge in [-0.3, -0.25) is 4.90 Å². The molecule has 1 aromatic rings. The van der Waals surface area contributed by atoms with Crippen LogP contribution in [0.1, 0.15) is 57.6 Å². The maximum Gasteiger partial charge on any atom is 0.0257 e. The Labute approximate surface area is 129 Å². The van der Waals surface area contributed by atoms with E-state index in [0.717, 1.165) is 19.0 Å². The summed E-state index contributed by atoms with van der Waals surface area (Å²) in [4.78, 5) is 2.63. The van der Waals surface area contributed by atoms with Crippen LogP contribution in [0, 0.1) is 11.3 Å². The topological polar surface area (TPSA) is 29.3 Å². The molecule has 0 radical (unpaired) electrons. The second kappa shape index (κ2) is 5.73. The summed E-state index contributed by atoms with van der Waals surface area (Å²) in [5, 5.41) is 0. The second-order valence-electron chi connectivity index (χ2n) is 7.76. The van der Waals surface area contributed by atoms with E-state index in [1.54, 1.807) is 0 Å². The number of hydrogen-bond donors (Lipinski definition) is 1. The first kappa shape index (κ1) is 15.1. The minimum absolute atomic E-state index is 0.350. The third kappa shape index (κ3) is 2.89. The predicted molar refractivity (Wildman–Crippen MR) is 88.9 cm³/mol. The smallest absolute Gasteiger partial charge is 0.0257 e. The zero-order chi connectivity index (χ0) is 15.0. The van der Waals surface area contributed by atoms with E-state index in [2.05, 4.69) is 49.9 Å². The van der Waals surface area contributed by atoms with Gasteiger partial charge in [-0.1, -0.05) is 51.5 Å². The van der Waals surface area contributed by atoms with E-state index < -0.39 is 0 Å². The Morgan fingerprint density at radius 2 is 1.76 bits per heavy atom. The molecule has 1 aliphatic carbocycles. The molecule has 1 fully saturated rings. The minimum atomic E-state index is 0.350. The van der Waals surface area contributed by atoms with Crippen molar-refractivity contribution in [2.75, 3.05) is 0 Å². The summed E-state index contributed by atoms with van der Waals surface area (Å²) in [6.07, 6.45) is 5.03. The monoisotopic (exact) mass is 286 g/mol. The molecule has 0 aromatic heterocycles. The van der Waals surface area contributed by atoms with Gasteiger partial charge in [0, 0.05) is 25.2 Å². The van der Waals surface area contributed by atoms with Gasteiger partial charge in [0.2, 0.25) is 0 Å². The second-order valence-corrected chi connectivity index (χ2v) is 7.76. The van der Waals surface area contributed by atoms with Gasteiger partial charge >= 0.3 is 0 Å². The van der Waals surface area contributed by atoms with Crippen LogP contribution in [0.25, 0.3) is 0 Å². The van der Waals surface area contributed by atoms with E-state index in [1.807, 2.05) is 0 Å². The molecule has 2 nitrogen and oxygen atoms in total. The van der Waals surface area contributed by atoms with Crippen LogP contribution in [-0.4, -0.2) is 17.0 Å². The van der Waals surface area contributed by atoms with Crippen molar-refractivity contribution in [3.63, 3.8) is 0 Å². The molecular formula is C19H30N2. The van der Waals surface area contributed by atoms with Crippen molar-refractivity contribution >= 4 is 0 Å². The highest BCUT2D eigenvalue weighted by Gasteiger charge is 2.39. The predicted octanol–water partition coefficient (Wildman–Crippen LogP) is 3.93. The number of benzene rings is 1. The number of rotatable bonds is 3. The van der Waals surface area contributed by atoms with Gasteiger partial charge in [0.05, 0.1) is 0 Å². The average Bonchev–Trinajstić information content (AvgIpc) is 2.91. The van der Waals surface area contributed by atoms with Crippen LogP contribution in [0.5, 0.6) is 0 Å². The molecule has 3 unspecified atom stereocenters. The Hall–Kier alpha value is -0.860. The zero-order valence-corrected chi connectivity index (χ0v) is 13.8. The third-order valence-corrected chi connectivity index (χ3v) is 6.22. The summed E-state index contributed by atoms with van der Waals surface area (Å²) in [7, 11) is 0. The van der Waals surface area contributed by atoms with E-state index in [0.29, 0.717) is 17.5 Å². The molecule has 2 aliphatic rings. The number of fused-ring (bicyclic) bond motifs is 1. The molecular weight excluding hydrogens is 256 g/mol. The van der Waals surface area contributed by atoms with Crippen LogP contribution >= 0.6 is 0 Å². The zero-order valence-electron chi connectivity index (χ0n) is 13.8. The van der Waals surface area contributed by atoms with Gasteiger partial charge in [0.15, 0.2) is 0 Å². The minimum Gasteiger partial charge on any atom is -0.326 e. The summed E-state index contributed by atoms with van der Waals surface area (Å²) in [5.41, 5.74) is 9.95. The Balaban J connectivity index is 1.73. The SMILES string of the molecule is CCC(C)(C)C1CCC(N)C(N2Cc3ccccc3C2)C1. The van der Waals surface area contributed by atoms with Crippen molar-refractivity contribution in [3.05, 3.63) is 35.4 Å². The van der Waals surface area contributed by atoms with Gasteiger partial charge in [-0.25, -0.2) is 0 Å². The molecule has 1 saturated carbocycles. The van der Waals surface area contributed by atoms with E-state index in [-0.39, 0.29) is 0 Å². The lowest BCUT2D eigenvalue weighted by molar-refractivity contribution is 0.0583. The van der Waals surface area contributed by atoms with Gasteiger partial charge in [0.1, 0.15) is 0 Å². The highest BCUT2D eigenvalue weighted by Crippen LogP contribution is 2.42. The van der Waals surface area contributed by atoms with E-state index in [1.165, 1.54) is 36.8 Å². The summed E-state index contributed by atoms with van der Waals surface area (Å²) in [5.74, 6) is 0.816. The standard InChI is InChI=1S/C19H30N2/c1-4-19(2,3)16-9-10-17(20)18(11-16)21-12-14-7-5-6-8-15(14)13-21/h5-8,16-18H,4,9-13,20H2,1-3H3. The lowest BCUT2D eigenvalue weighted by Gasteiger charge is -2.45. The summed E-state index contributed by atoms with van der Waals surface area (Å²) in [6.45, 7) is 9.38. The quantitative estimate of drug-likeness (QED) is 0.912. The van der Waals surface area contributed by atoms with Crippen LogP contribution in [0.3, 0.4) is 0 Å². The Morgan fingerprint density at radius 1 is 1.14 bits per heavy atom. The van der Waals surface area contributed by atoms with E-state index in [4.69, 9.17) is 5.73 Å². The van der Waals surface area contributed by atoms with Crippen molar-refractivity contribution in [2.24, 2.45) is 17.1 Å². The largest absolute Gasteiger partial charge is 0.326 e. The highest BCUT2D eigenvalue weighted by atomic mass is 15.2. The molecule has 1 aromatic carbocycles. The molecule has 2 N–H and O–H groups in total. The Bertz CT molecular complexity index is 469. The third-order valence-electron chi connectivity index (χ3n) is 6.22. The van der Waals surface area contributed by atoms with Crippen molar-refractivity contribution in [3.8, 4) is 0 Å². The van der Waals surface area contributed by atoms with Gasteiger partial charge in [-0.05, 0) is 41.7 Å². The van der Waals surface area contributed by atoms with Crippen molar-refractivity contribution in [1.82, 2.24) is 4.90 Å². The molecule has 1 aliphatic heterocycles.